The molecule has 0 radical (unpaired) electrons. The summed E-state index contributed by atoms with van der Waals surface area (Å²) in [6.45, 7) is 0. The molecule has 1 aliphatic heterocycles. The maximum absolute atomic E-state index is 5.58. The molecule has 0 spiro atoms. The molecule has 2 atom stereocenters. The van der Waals surface area contributed by atoms with Crippen LogP contribution < -0.4 is 0 Å². The molecule has 0 saturated carbocycles. The number of furan rings is 2. The van der Waals surface area contributed by atoms with Crippen molar-refractivity contribution in [1.82, 2.24) is 0 Å². The second-order valence-corrected chi connectivity index (χ2v) is 7.26. The fourth-order valence-electron chi connectivity index (χ4n) is 2.48. The Labute approximate surface area is 151 Å². The first-order chi connectivity index (χ1) is 11.8. The van der Waals surface area contributed by atoms with Gasteiger partial charge in [0.2, 0.25) is 0 Å². The summed E-state index contributed by atoms with van der Waals surface area (Å²) in [6, 6.07) is 15.5. The average molecular weight is 401 g/mol. The van der Waals surface area contributed by atoms with Gasteiger partial charge in [0.05, 0.1) is 12.5 Å². The first kappa shape index (κ1) is 15.5. The fourth-order valence-corrected chi connectivity index (χ4v) is 3.83. The van der Waals surface area contributed by atoms with Gasteiger partial charge < -0.3 is 8.83 Å². The van der Waals surface area contributed by atoms with Gasteiger partial charge in [0, 0.05) is 10.7 Å². The monoisotopic (exact) mass is 400 g/mol. The summed E-state index contributed by atoms with van der Waals surface area (Å²) in [6.07, 6.45) is 5.16. The van der Waals surface area contributed by atoms with Crippen LogP contribution in [0, 0.1) is 0 Å². The third-order valence-electron chi connectivity index (χ3n) is 3.62. The summed E-state index contributed by atoms with van der Waals surface area (Å²) in [4.78, 5) is 9.25. The molecule has 3 aromatic rings. The zero-order valence-corrected chi connectivity index (χ0v) is 14.9. The lowest BCUT2D eigenvalue weighted by Gasteiger charge is -2.11. The number of halogens is 1. The normalized spacial score (nSPS) is 20.6. The molecule has 3 heterocycles. The lowest BCUT2D eigenvalue weighted by atomic mass is 10.1. The zero-order chi connectivity index (χ0) is 16.4. The smallest absolute Gasteiger partial charge is 0.184 e. The summed E-state index contributed by atoms with van der Waals surface area (Å²) in [7, 11) is 0. The number of nitrogens with zero attached hydrogens (tertiary/aromatic N) is 2. The van der Waals surface area contributed by atoms with Crippen LogP contribution >= 0.6 is 27.7 Å². The lowest BCUT2D eigenvalue weighted by Crippen LogP contribution is -1.99. The van der Waals surface area contributed by atoms with Crippen molar-refractivity contribution in [3.63, 3.8) is 0 Å². The van der Waals surface area contributed by atoms with Crippen molar-refractivity contribution in [2.75, 3.05) is 0 Å². The first-order valence-electron chi connectivity index (χ1n) is 7.40. The summed E-state index contributed by atoms with van der Waals surface area (Å²) in [5.41, 5.74) is 1.03. The van der Waals surface area contributed by atoms with E-state index in [9.17, 15) is 0 Å². The molecule has 0 unspecified atom stereocenters. The molecule has 2 aromatic heterocycles. The number of rotatable bonds is 3. The van der Waals surface area contributed by atoms with Gasteiger partial charge in [0.1, 0.15) is 22.8 Å². The van der Waals surface area contributed by atoms with Crippen LogP contribution in [0.3, 0.4) is 0 Å². The van der Waals surface area contributed by atoms with E-state index in [4.69, 9.17) is 13.8 Å². The third kappa shape index (κ3) is 3.25. The van der Waals surface area contributed by atoms with Crippen molar-refractivity contribution in [1.29, 1.82) is 0 Å². The topological polar surface area (TPSA) is 51.0 Å². The van der Waals surface area contributed by atoms with Gasteiger partial charge in [-0.25, -0.2) is 9.98 Å². The minimum Gasteiger partial charge on any atom is -0.468 e. The minimum absolute atomic E-state index is 0.0308. The van der Waals surface area contributed by atoms with Gasteiger partial charge >= 0.3 is 0 Å². The molecule has 0 aliphatic carbocycles. The van der Waals surface area contributed by atoms with Crippen molar-refractivity contribution in [3.05, 3.63) is 82.6 Å². The highest BCUT2D eigenvalue weighted by Crippen LogP contribution is 2.48. The van der Waals surface area contributed by atoms with Gasteiger partial charge in [-0.3, -0.25) is 0 Å². The molecular weight excluding hydrogens is 388 g/mol. The van der Waals surface area contributed by atoms with E-state index in [0.29, 0.717) is 0 Å². The van der Waals surface area contributed by atoms with Crippen LogP contribution in [-0.2, 0) is 0 Å². The number of aliphatic imine (C=N–C) groups is 2. The predicted octanol–water partition coefficient (Wildman–Crippen LogP) is 5.64. The molecule has 0 amide bonds. The molecule has 0 bridgehead atoms. The van der Waals surface area contributed by atoms with Crippen molar-refractivity contribution in [3.8, 4) is 0 Å². The Morgan fingerprint density at radius 1 is 1.00 bits per heavy atom. The molecule has 6 heteroatoms. The molecular formula is C18H13BrN2O2S. The molecule has 0 saturated heterocycles. The SMILES string of the molecule is Brc1ccc(C=NC2=N[C@@H](c3ccco3)[C@@H](c3ccco3)S2)cc1. The van der Waals surface area contributed by atoms with Crippen LogP contribution in [0.5, 0.6) is 0 Å². The number of benzene rings is 1. The standard InChI is InChI=1S/C18H13BrN2O2S/c19-13-7-5-12(6-8-13)11-20-18-21-16(14-3-1-9-22-14)17(24-18)15-4-2-10-23-15/h1-11,16-17H/t16-,17+/m0/s1. The number of amidine groups is 1. The van der Waals surface area contributed by atoms with Crippen molar-refractivity contribution >= 4 is 39.1 Å². The number of thioether (sulfide) groups is 1. The van der Waals surface area contributed by atoms with E-state index in [0.717, 1.165) is 26.7 Å². The average Bonchev–Trinajstić information content (AvgIpc) is 3.33. The van der Waals surface area contributed by atoms with Crippen LogP contribution in [0.1, 0.15) is 28.4 Å². The number of hydrogen-bond acceptors (Lipinski definition) is 5. The molecule has 120 valence electrons. The molecule has 1 aromatic carbocycles. The van der Waals surface area contributed by atoms with Crippen LogP contribution in [0.15, 0.2) is 84.3 Å². The maximum atomic E-state index is 5.58. The first-order valence-corrected chi connectivity index (χ1v) is 9.08. The van der Waals surface area contributed by atoms with E-state index in [-0.39, 0.29) is 11.3 Å². The van der Waals surface area contributed by atoms with E-state index in [2.05, 4.69) is 20.9 Å². The van der Waals surface area contributed by atoms with E-state index in [1.165, 1.54) is 0 Å². The van der Waals surface area contributed by atoms with Crippen LogP contribution in [0.2, 0.25) is 0 Å². The second-order valence-electron chi connectivity index (χ2n) is 5.24. The largest absolute Gasteiger partial charge is 0.468 e. The van der Waals surface area contributed by atoms with Crippen LogP contribution in [-0.4, -0.2) is 11.4 Å². The molecule has 0 fully saturated rings. The Morgan fingerprint density at radius 3 is 2.38 bits per heavy atom. The Morgan fingerprint density at radius 2 is 1.71 bits per heavy atom. The van der Waals surface area contributed by atoms with E-state index in [1.54, 1.807) is 24.3 Å². The summed E-state index contributed by atoms with van der Waals surface area (Å²) in [5.74, 6) is 1.69. The van der Waals surface area contributed by atoms with E-state index < -0.39 is 0 Å². The molecule has 0 N–H and O–H groups in total. The number of hydrogen-bond donors (Lipinski definition) is 0. The quantitative estimate of drug-likeness (QED) is 0.534. The second kappa shape index (κ2) is 6.83. The van der Waals surface area contributed by atoms with Crippen molar-refractivity contribution in [2.45, 2.75) is 11.3 Å². The Kier molecular flexibility index (Phi) is 4.40. The van der Waals surface area contributed by atoms with Gasteiger partial charge in [0.15, 0.2) is 5.17 Å². The fraction of sp³-hybridized carbons (Fsp3) is 0.111. The molecule has 1 aliphatic rings. The van der Waals surface area contributed by atoms with Gasteiger partial charge in [0.25, 0.3) is 0 Å². The van der Waals surface area contributed by atoms with Crippen LogP contribution in [0.25, 0.3) is 0 Å². The highest BCUT2D eigenvalue weighted by Gasteiger charge is 2.36. The highest BCUT2D eigenvalue weighted by molar-refractivity contribution is 9.10. The maximum Gasteiger partial charge on any atom is 0.184 e. The Hall–Kier alpha value is -2.05. The Balaban J connectivity index is 1.59. The van der Waals surface area contributed by atoms with E-state index in [1.807, 2.05) is 54.7 Å². The lowest BCUT2D eigenvalue weighted by molar-refractivity contribution is 0.432. The zero-order valence-electron chi connectivity index (χ0n) is 12.5. The van der Waals surface area contributed by atoms with Crippen molar-refractivity contribution < 1.29 is 8.83 Å². The summed E-state index contributed by atoms with van der Waals surface area (Å²) < 4.78 is 12.2. The van der Waals surface area contributed by atoms with Crippen molar-refractivity contribution in [2.24, 2.45) is 9.98 Å². The third-order valence-corrected chi connectivity index (χ3v) is 5.32. The summed E-state index contributed by atoms with van der Waals surface area (Å²) >= 11 is 5.02. The van der Waals surface area contributed by atoms with Gasteiger partial charge in [-0.05, 0) is 42.0 Å². The van der Waals surface area contributed by atoms with Gasteiger partial charge in [-0.1, -0.05) is 39.8 Å². The van der Waals surface area contributed by atoms with Gasteiger partial charge in [-0.15, -0.1) is 0 Å². The molecule has 24 heavy (non-hydrogen) atoms. The minimum atomic E-state index is -0.131. The highest BCUT2D eigenvalue weighted by atomic mass is 79.9. The van der Waals surface area contributed by atoms with E-state index >= 15 is 0 Å². The summed E-state index contributed by atoms with van der Waals surface area (Å²) in [5, 5.41) is 0.754. The van der Waals surface area contributed by atoms with Crippen LogP contribution in [0.4, 0.5) is 0 Å². The van der Waals surface area contributed by atoms with Gasteiger partial charge in [-0.2, -0.15) is 0 Å². The molecule has 4 nitrogen and oxygen atoms in total. The predicted molar refractivity (Wildman–Crippen MR) is 99.7 cm³/mol. The Bertz CT molecular complexity index is 855. The molecule has 4 rings (SSSR count).